The number of amides is 1. The van der Waals surface area contributed by atoms with Gasteiger partial charge < -0.3 is 10.3 Å². The predicted molar refractivity (Wildman–Crippen MR) is 54.0 cm³/mol. The van der Waals surface area contributed by atoms with Crippen LogP contribution in [0.5, 0.6) is 0 Å². The highest BCUT2D eigenvalue weighted by Crippen LogP contribution is 2.19. The van der Waals surface area contributed by atoms with E-state index in [2.05, 4.69) is 4.98 Å². The summed E-state index contributed by atoms with van der Waals surface area (Å²) in [5, 5.41) is 0.994. The number of hydrogen-bond donors (Lipinski definition) is 1. The molecule has 0 spiro atoms. The molecule has 2 aromatic rings. The van der Waals surface area contributed by atoms with Crippen LogP contribution >= 0.6 is 0 Å². The number of aryl methyl sites for hydroxylation is 2. The minimum absolute atomic E-state index is 0.332. The quantitative estimate of drug-likeness (QED) is 0.726. The van der Waals surface area contributed by atoms with E-state index >= 15 is 0 Å². The maximum absolute atomic E-state index is 11.1. The van der Waals surface area contributed by atoms with Gasteiger partial charge in [0.05, 0.1) is 5.52 Å². The number of pyridine rings is 1. The number of nitrogens with two attached hydrogens (primary N) is 1. The van der Waals surface area contributed by atoms with Gasteiger partial charge in [0.15, 0.2) is 5.69 Å². The Labute approximate surface area is 81.3 Å². The third-order valence-electron chi connectivity index (χ3n) is 2.42. The van der Waals surface area contributed by atoms with E-state index in [9.17, 15) is 4.79 Å². The van der Waals surface area contributed by atoms with E-state index in [4.69, 9.17) is 5.73 Å². The lowest BCUT2D eigenvalue weighted by molar-refractivity contribution is 0.0997. The van der Waals surface area contributed by atoms with Crippen molar-refractivity contribution < 1.29 is 4.79 Å². The van der Waals surface area contributed by atoms with Gasteiger partial charge in [0.25, 0.3) is 5.91 Å². The second kappa shape index (κ2) is 2.83. The molecule has 2 N–H and O–H groups in total. The second-order valence-corrected chi connectivity index (χ2v) is 3.31. The molecule has 0 fully saturated rings. The van der Waals surface area contributed by atoms with Gasteiger partial charge in [-0.15, -0.1) is 0 Å². The van der Waals surface area contributed by atoms with Crippen molar-refractivity contribution in [3.8, 4) is 0 Å². The Morgan fingerprint density at radius 3 is 2.93 bits per heavy atom. The minimum atomic E-state index is -0.489. The van der Waals surface area contributed by atoms with Crippen LogP contribution in [0.25, 0.3) is 10.9 Å². The number of carbonyl (C=O) groups is 1. The second-order valence-electron chi connectivity index (χ2n) is 3.31. The van der Waals surface area contributed by atoms with Gasteiger partial charge in [0.1, 0.15) is 0 Å². The number of aromatic nitrogens is 2. The average molecular weight is 189 g/mol. The molecule has 4 heteroatoms. The number of hydrogen-bond acceptors (Lipinski definition) is 2. The van der Waals surface area contributed by atoms with Crippen LogP contribution in [-0.2, 0) is 7.05 Å². The van der Waals surface area contributed by atoms with Crippen molar-refractivity contribution in [2.45, 2.75) is 6.92 Å². The van der Waals surface area contributed by atoms with Crippen molar-refractivity contribution in [2.24, 2.45) is 12.8 Å². The Hall–Kier alpha value is -1.84. The molecule has 0 unspecified atom stereocenters. The Morgan fingerprint density at radius 1 is 1.57 bits per heavy atom. The summed E-state index contributed by atoms with van der Waals surface area (Å²) in [5.74, 6) is -0.489. The fraction of sp³-hybridized carbons (Fsp3) is 0.200. The van der Waals surface area contributed by atoms with E-state index in [-0.39, 0.29) is 0 Å². The van der Waals surface area contributed by atoms with Gasteiger partial charge in [-0.3, -0.25) is 4.79 Å². The lowest BCUT2D eigenvalue weighted by Crippen LogP contribution is -2.14. The third-order valence-corrected chi connectivity index (χ3v) is 2.42. The van der Waals surface area contributed by atoms with Gasteiger partial charge in [-0.25, -0.2) is 4.98 Å². The highest BCUT2D eigenvalue weighted by atomic mass is 16.1. The molecule has 4 nitrogen and oxygen atoms in total. The van der Waals surface area contributed by atoms with Crippen LogP contribution in [0.15, 0.2) is 18.3 Å². The van der Waals surface area contributed by atoms with Crippen LogP contribution in [-0.4, -0.2) is 15.5 Å². The molecule has 0 radical (unpaired) electrons. The third kappa shape index (κ3) is 1.08. The Kier molecular flexibility index (Phi) is 1.77. The molecule has 0 aliphatic carbocycles. The van der Waals surface area contributed by atoms with Crippen molar-refractivity contribution in [1.29, 1.82) is 0 Å². The van der Waals surface area contributed by atoms with E-state index in [0.717, 1.165) is 16.6 Å². The van der Waals surface area contributed by atoms with Crippen molar-refractivity contribution in [2.75, 3.05) is 0 Å². The molecule has 0 saturated heterocycles. The first-order valence-electron chi connectivity index (χ1n) is 4.32. The first-order chi connectivity index (χ1) is 6.61. The maximum atomic E-state index is 11.1. The largest absolute Gasteiger partial charge is 0.364 e. The van der Waals surface area contributed by atoms with Gasteiger partial charge in [0.2, 0.25) is 0 Å². The number of rotatable bonds is 1. The minimum Gasteiger partial charge on any atom is -0.364 e. The van der Waals surface area contributed by atoms with Gasteiger partial charge in [0, 0.05) is 24.3 Å². The first-order valence-corrected chi connectivity index (χ1v) is 4.32. The van der Waals surface area contributed by atoms with Gasteiger partial charge in [-0.2, -0.15) is 0 Å². The molecular formula is C10H11N3O. The van der Waals surface area contributed by atoms with Gasteiger partial charge in [-0.1, -0.05) is 0 Å². The lowest BCUT2D eigenvalue weighted by atomic mass is 10.2. The molecule has 2 aromatic heterocycles. The SMILES string of the molecule is Cc1cc2ccnc(C(N)=O)c2n1C. The lowest BCUT2D eigenvalue weighted by Gasteiger charge is -2.01. The van der Waals surface area contributed by atoms with Crippen LogP contribution < -0.4 is 5.73 Å². The topological polar surface area (TPSA) is 60.9 Å². The van der Waals surface area contributed by atoms with Crippen molar-refractivity contribution in [3.05, 3.63) is 29.7 Å². The standard InChI is InChI=1S/C10H11N3O/c1-6-5-7-3-4-12-8(10(11)14)9(7)13(6)2/h3-5H,1-2H3,(H2,11,14). The van der Waals surface area contributed by atoms with Crippen molar-refractivity contribution >= 4 is 16.8 Å². The molecule has 1 amide bonds. The first kappa shape index (κ1) is 8.74. The molecule has 0 aliphatic rings. The summed E-state index contributed by atoms with van der Waals surface area (Å²) in [7, 11) is 1.89. The molecular weight excluding hydrogens is 178 g/mol. The summed E-state index contributed by atoms with van der Waals surface area (Å²) in [5.41, 5.74) is 7.46. The predicted octanol–water partition coefficient (Wildman–Crippen LogP) is 0.981. The Balaban J connectivity index is 2.91. The Morgan fingerprint density at radius 2 is 2.29 bits per heavy atom. The molecule has 14 heavy (non-hydrogen) atoms. The van der Waals surface area contributed by atoms with Crippen LogP contribution in [0.2, 0.25) is 0 Å². The zero-order valence-electron chi connectivity index (χ0n) is 8.11. The van der Waals surface area contributed by atoms with Crippen LogP contribution in [0.1, 0.15) is 16.2 Å². The van der Waals surface area contributed by atoms with E-state index in [0.29, 0.717) is 5.69 Å². The fourth-order valence-corrected chi connectivity index (χ4v) is 1.62. The Bertz CT molecular complexity index is 513. The van der Waals surface area contributed by atoms with E-state index in [1.807, 2.05) is 30.7 Å². The molecule has 0 saturated carbocycles. The smallest absolute Gasteiger partial charge is 0.269 e. The summed E-state index contributed by atoms with van der Waals surface area (Å²) < 4.78 is 1.92. The number of carbonyl (C=O) groups excluding carboxylic acids is 1. The molecule has 0 aromatic carbocycles. The summed E-state index contributed by atoms with van der Waals surface area (Å²) in [6, 6.07) is 3.87. The van der Waals surface area contributed by atoms with Crippen molar-refractivity contribution in [1.82, 2.24) is 9.55 Å². The highest BCUT2D eigenvalue weighted by molar-refractivity contribution is 6.03. The number of fused-ring (bicyclic) bond motifs is 1. The van der Waals surface area contributed by atoms with Crippen LogP contribution in [0.3, 0.4) is 0 Å². The van der Waals surface area contributed by atoms with E-state index in [1.54, 1.807) is 6.20 Å². The molecule has 2 heterocycles. The molecule has 72 valence electrons. The maximum Gasteiger partial charge on any atom is 0.269 e. The normalized spacial score (nSPS) is 10.7. The van der Waals surface area contributed by atoms with Crippen LogP contribution in [0, 0.1) is 6.92 Å². The summed E-state index contributed by atoms with van der Waals surface area (Å²) in [6.45, 7) is 1.98. The van der Waals surface area contributed by atoms with Gasteiger partial charge in [-0.05, 0) is 19.1 Å². The summed E-state index contributed by atoms with van der Waals surface area (Å²) >= 11 is 0. The summed E-state index contributed by atoms with van der Waals surface area (Å²) in [4.78, 5) is 15.1. The summed E-state index contributed by atoms with van der Waals surface area (Å²) in [6.07, 6.45) is 1.60. The average Bonchev–Trinajstić information content (AvgIpc) is 2.43. The zero-order chi connectivity index (χ0) is 10.3. The monoisotopic (exact) mass is 189 g/mol. The molecule has 2 rings (SSSR count). The van der Waals surface area contributed by atoms with Crippen molar-refractivity contribution in [3.63, 3.8) is 0 Å². The van der Waals surface area contributed by atoms with E-state index < -0.39 is 5.91 Å². The molecule has 0 bridgehead atoms. The van der Waals surface area contributed by atoms with E-state index in [1.165, 1.54) is 0 Å². The van der Waals surface area contributed by atoms with Gasteiger partial charge >= 0.3 is 0 Å². The highest BCUT2D eigenvalue weighted by Gasteiger charge is 2.12. The number of primary amides is 1. The zero-order valence-corrected chi connectivity index (χ0v) is 8.11. The fourth-order valence-electron chi connectivity index (χ4n) is 1.62. The van der Waals surface area contributed by atoms with Crippen LogP contribution in [0.4, 0.5) is 0 Å². The molecule has 0 atom stereocenters. The molecule has 0 aliphatic heterocycles. The number of nitrogens with zero attached hydrogens (tertiary/aromatic N) is 2.